The molecule has 0 aliphatic carbocycles. The molecule has 10 heavy (non-hydrogen) atoms. The van der Waals surface area contributed by atoms with Gasteiger partial charge in [-0.1, -0.05) is 0 Å². The van der Waals surface area contributed by atoms with E-state index in [1.165, 1.54) is 23.5 Å². The van der Waals surface area contributed by atoms with Gasteiger partial charge in [0.15, 0.2) is 5.78 Å². The van der Waals surface area contributed by atoms with Crippen molar-refractivity contribution in [3.63, 3.8) is 0 Å². The average Bonchev–Trinajstić information content (AvgIpc) is 2.07. The lowest BCUT2D eigenvalue weighted by Gasteiger charge is -2.04. The number of rotatable bonds is 0. The third-order valence-corrected chi connectivity index (χ3v) is 3.03. The molecule has 3 heteroatoms. The van der Waals surface area contributed by atoms with Crippen molar-refractivity contribution in [3.8, 4) is 0 Å². The van der Waals surface area contributed by atoms with Crippen molar-refractivity contribution in [2.75, 3.05) is 17.2 Å². The van der Waals surface area contributed by atoms with E-state index in [0.717, 1.165) is 16.4 Å². The molecule has 1 nitrogen and oxygen atoms in total. The van der Waals surface area contributed by atoms with Crippen molar-refractivity contribution in [1.29, 1.82) is 0 Å². The Labute approximate surface area is 72.5 Å². The smallest absolute Gasteiger partial charge is 0.166 e. The Morgan fingerprint density at radius 1 is 1.80 bits per heavy atom. The molecule has 0 saturated heterocycles. The Morgan fingerprint density at radius 3 is 3.40 bits per heavy atom. The topological polar surface area (TPSA) is 17.1 Å². The van der Waals surface area contributed by atoms with Gasteiger partial charge in [-0.25, -0.2) is 0 Å². The highest BCUT2D eigenvalue weighted by atomic mass is 32.2. The number of hydrogen-bond donors (Lipinski definition) is 0. The van der Waals surface area contributed by atoms with E-state index >= 15 is 0 Å². The molecule has 1 unspecified atom stereocenters. The minimum absolute atomic E-state index is 0.0206. The molecule has 0 fully saturated rings. The van der Waals surface area contributed by atoms with Crippen LogP contribution in [0, 0.1) is 0 Å². The summed E-state index contributed by atoms with van der Waals surface area (Å²) < 4.78 is 14.8. The summed E-state index contributed by atoms with van der Waals surface area (Å²) in [6, 6.07) is 0.0206. The van der Waals surface area contributed by atoms with Crippen LogP contribution in [0.1, 0.15) is 9.67 Å². The van der Waals surface area contributed by atoms with Crippen LogP contribution in [0.4, 0.5) is 0 Å². The monoisotopic (exact) mass is 176 g/mol. The number of ketones is 1. The van der Waals surface area contributed by atoms with Crippen LogP contribution < -0.4 is 0 Å². The van der Waals surface area contributed by atoms with Crippen molar-refractivity contribution >= 4 is 29.3 Å². The molecule has 0 spiro atoms. The van der Waals surface area contributed by atoms with E-state index in [-0.39, 0.29) is 11.8 Å². The third-order valence-electron chi connectivity index (χ3n) is 1.01. The summed E-state index contributed by atoms with van der Waals surface area (Å²) in [6.45, 7) is 1.77. The second-order valence-corrected chi connectivity index (χ2v) is 4.17. The first kappa shape index (κ1) is 5.72. The Morgan fingerprint density at radius 2 is 2.60 bits per heavy atom. The lowest BCUT2D eigenvalue weighted by molar-refractivity contribution is -0.112. The first-order valence-electron chi connectivity index (χ1n) is 4.09. The van der Waals surface area contributed by atoms with Gasteiger partial charge in [-0.2, -0.15) is 11.8 Å². The van der Waals surface area contributed by atoms with Crippen molar-refractivity contribution < 1.29 is 7.54 Å². The number of thioether (sulfide) groups is 2. The van der Waals surface area contributed by atoms with Crippen molar-refractivity contribution in [1.82, 2.24) is 0 Å². The quantitative estimate of drug-likeness (QED) is 0.561. The van der Waals surface area contributed by atoms with Crippen LogP contribution >= 0.6 is 23.5 Å². The van der Waals surface area contributed by atoms with Gasteiger partial charge in [0.1, 0.15) is 0 Å². The van der Waals surface area contributed by atoms with Crippen LogP contribution in [0.2, 0.25) is 0 Å². The second kappa shape index (κ2) is 4.09. The predicted molar refractivity (Wildman–Crippen MR) is 48.5 cm³/mol. The fraction of sp³-hybridized carbons (Fsp3) is 0.571. The second-order valence-electron chi connectivity index (χ2n) is 1.88. The average molecular weight is 176 g/mol. The maximum absolute atomic E-state index is 11.2. The zero-order valence-corrected chi connectivity index (χ0v) is 7.35. The fourth-order valence-corrected chi connectivity index (χ4v) is 2.14. The molecule has 0 aromatic rings. The van der Waals surface area contributed by atoms with Gasteiger partial charge >= 0.3 is 0 Å². The molecule has 0 aromatic carbocycles. The standard InChI is InChI=1S/C7H10OS2/c1-6-4-7(8)5-9-2-3-10-6/h4H,2-3,5H2,1H3/b6-4+/i4D,5D. The highest BCUT2D eigenvalue weighted by Gasteiger charge is 2.03. The number of allylic oxidation sites excluding steroid dienone is 2. The van der Waals surface area contributed by atoms with E-state index in [4.69, 9.17) is 2.74 Å². The van der Waals surface area contributed by atoms with E-state index in [9.17, 15) is 4.79 Å². The summed E-state index contributed by atoms with van der Waals surface area (Å²) in [6.07, 6.45) is 0. The molecule has 0 saturated carbocycles. The van der Waals surface area contributed by atoms with Gasteiger partial charge in [-0.05, 0) is 17.9 Å². The molecule has 1 heterocycles. The molecule has 0 radical (unpaired) electrons. The van der Waals surface area contributed by atoms with Gasteiger partial charge in [-0.3, -0.25) is 4.79 Å². The van der Waals surface area contributed by atoms with Crippen molar-refractivity contribution in [2.45, 2.75) is 6.92 Å². The van der Waals surface area contributed by atoms with E-state index in [1.807, 2.05) is 0 Å². The summed E-state index contributed by atoms with van der Waals surface area (Å²) in [7, 11) is 0. The number of carbonyl (C=O) groups excluding carboxylic acids is 1. The molecule has 1 aliphatic heterocycles. The molecular formula is C7H10OS2. The molecule has 0 N–H and O–H groups in total. The van der Waals surface area contributed by atoms with E-state index < -0.39 is 5.73 Å². The van der Waals surface area contributed by atoms with Gasteiger partial charge < -0.3 is 0 Å². The van der Waals surface area contributed by atoms with Gasteiger partial charge in [0.05, 0.1) is 7.10 Å². The molecule has 1 atom stereocenters. The highest BCUT2D eigenvalue weighted by Crippen LogP contribution is 2.19. The number of hydrogen-bond acceptors (Lipinski definition) is 3. The van der Waals surface area contributed by atoms with Crippen molar-refractivity contribution in [2.24, 2.45) is 0 Å². The zero-order valence-electron chi connectivity index (χ0n) is 7.72. The summed E-state index contributed by atoms with van der Waals surface area (Å²) in [5, 5.41) is 0. The van der Waals surface area contributed by atoms with Crippen LogP contribution in [0.5, 0.6) is 0 Å². The van der Waals surface area contributed by atoms with Crippen LogP contribution in [0.25, 0.3) is 0 Å². The SMILES string of the molecule is [2H]/C1=C(/C)SCCSC([2H])C1=O. The lowest BCUT2D eigenvalue weighted by atomic mass is 10.4. The van der Waals surface area contributed by atoms with E-state index in [2.05, 4.69) is 0 Å². The van der Waals surface area contributed by atoms with Crippen LogP contribution in [-0.2, 0) is 4.79 Å². The summed E-state index contributed by atoms with van der Waals surface area (Å²) in [5.41, 5.74) is -0.784. The Kier molecular flexibility index (Phi) is 2.34. The van der Waals surface area contributed by atoms with E-state index in [1.54, 1.807) is 6.92 Å². The third kappa shape index (κ3) is 2.80. The Hall–Kier alpha value is 0.110. The van der Waals surface area contributed by atoms with Gasteiger partial charge in [-0.15, -0.1) is 11.8 Å². The largest absolute Gasteiger partial charge is 0.294 e. The van der Waals surface area contributed by atoms with Crippen molar-refractivity contribution in [3.05, 3.63) is 11.0 Å². The minimum Gasteiger partial charge on any atom is -0.294 e. The molecule has 0 bridgehead atoms. The normalized spacial score (nSPS) is 39.7. The molecule has 1 aliphatic rings. The minimum atomic E-state index is -0.784. The Balaban J connectivity index is 2.84. The first-order chi connectivity index (χ1) is 5.63. The van der Waals surface area contributed by atoms with Gasteiger partial charge in [0.2, 0.25) is 0 Å². The Bertz CT molecular complexity index is 227. The molecule has 1 rings (SSSR count). The number of carbonyl (C=O) groups is 1. The molecule has 56 valence electrons. The van der Waals surface area contributed by atoms with Gasteiger partial charge in [0, 0.05) is 12.9 Å². The van der Waals surface area contributed by atoms with Crippen LogP contribution in [-0.4, -0.2) is 23.0 Å². The lowest BCUT2D eigenvalue weighted by Crippen LogP contribution is -2.02. The maximum Gasteiger partial charge on any atom is 0.166 e. The first-order valence-corrected chi connectivity index (χ1v) is 5.04. The predicted octanol–water partition coefficient (Wildman–Crippen LogP) is 1.94. The fourth-order valence-electron chi connectivity index (χ4n) is 0.617. The molecule has 0 amide bonds. The molecule has 0 aromatic heterocycles. The summed E-state index contributed by atoms with van der Waals surface area (Å²) in [4.78, 5) is 12.0. The molecular weight excluding hydrogens is 164 g/mol. The van der Waals surface area contributed by atoms with Crippen LogP contribution in [0.3, 0.4) is 0 Å². The zero-order chi connectivity index (χ0) is 9.14. The highest BCUT2D eigenvalue weighted by molar-refractivity contribution is 8.05. The summed E-state index contributed by atoms with van der Waals surface area (Å²) >= 11 is 2.84. The van der Waals surface area contributed by atoms with Gasteiger partial charge in [0.25, 0.3) is 0 Å². The van der Waals surface area contributed by atoms with E-state index in [0.29, 0.717) is 0 Å². The van der Waals surface area contributed by atoms with Crippen LogP contribution in [0.15, 0.2) is 11.0 Å². The maximum atomic E-state index is 11.2. The summed E-state index contributed by atoms with van der Waals surface area (Å²) in [5.74, 6) is 1.35.